The Labute approximate surface area is 95.2 Å². The van der Waals surface area contributed by atoms with Crippen LogP contribution in [0.5, 0.6) is 0 Å². The molecular formula is C12H18FNO2. The summed E-state index contributed by atoms with van der Waals surface area (Å²) in [6.07, 6.45) is -0.687. The Balaban J connectivity index is 2.51. The molecule has 0 aliphatic carbocycles. The normalized spacial score (nSPS) is 12.8. The van der Waals surface area contributed by atoms with Crippen molar-refractivity contribution in [1.29, 1.82) is 0 Å². The predicted molar refractivity (Wildman–Crippen MR) is 60.8 cm³/mol. The first kappa shape index (κ1) is 13.1. The van der Waals surface area contributed by atoms with Gasteiger partial charge in [-0.25, -0.2) is 4.39 Å². The Morgan fingerprint density at radius 2 is 2.25 bits per heavy atom. The lowest BCUT2D eigenvalue weighted by molar-refractivity contribution is 0.161. The van der Waals surface area contributed by atoms with Crippen LogP contribution in [0.2, 0.25) is 0 Å². The molecule has 4 heteroatoms. The van der Waals surface area contributed by atoms with Crippen LogP contribution in [0.4, 0.5) is 4.39 Å². The quantitative estimate of drug-likeness (QED) is 0.722. The van der Waals surface area contributed by atoms with Gasteiger partial charge in [-0.05, 0) is 30.2 Å². The number of aliphatic hydroxyl groups is 1. The number of rotatable bonds is 6. The third-order valence-corrected chi connectivity index (χ3v) is 2.42. The molecule has 0 aromatic heterocycles. The van der Waals surface area contributed by atoms with E-state index in [0.29, 0.717) is 25.3 Å². The molecule has 1 rings (SSSR count). The van der Waals surface area contributed by atoms with Crippen molar-refractivity contribution in [3.05, 3.63) is 35.1 Å². The molecule has 0 saturated heterocycles. The van der Waals surface area contributed by atoms with Crippen molar-refractivity contribution in [3.8, 4) is 0 Å². The van der Waals surface area contributed by atoms with Crippen LogP contribution in [0.25, 0.3) is 0 Å². The lowest BCUT2D eigenvalue weighted by Gasteiger charge is -2.14. The highest BCUT2D eigenvalue weighted by Crippen LogP contribution is 2.18. The standard InChI is InChI=1S/C12H18FNO2/c1-9-3-4-10(13)7-11(9)12(15)8-14-5-6-16-2/h3-4,7,12,14-15H,5-6,8H2,1-2H3. The summed E-state index contributed by atoms with van der Waals surface area (Å²) in [5, 5.41) is 12.9. The molecule has 0 radical (unpaired) electrons. The van der Waals surface area contributed by atoms with Crippen LogP contribution in [-0.2, 0) is 4.74 Å². The van der Waals surface area contributed by atoms with E-state index in [4.69, 9.17) is 4.74 Å². The van der Waals surface area contributed by atoms with Crippen LogP contribution in [0.1, 0.15) is 17.2 Å². The molecule has 1 aromatic carbocycles. The minimum Gasteiger partial charge on any atom is -0.387 e. The Kier molecular flexibility index (Phi) is 5.38. The van der Waals surface area contributed by atoms with E-state index in [1.807, 2.05) is 6.92 Å². The molecule has 3 nitrogen and oxygen atoms in total. The van der Waals surface area contributed by atoms with E-state index < -0.39 is 6.10 Å². The summed E-state index contributed by atoms with van der Waals surface area (Å²) >= 11 is 0. The number of ether oxygens (including phenoxy) is 1. The first-order chi connectivity index (χ1) is 7.65. The number of benzene rings is 1. The van der Waals surface area contributed by atoms with Crippen molar-refractivity contribution >= 4 is 0 Å². The fourth-order valence-electron chi connectivity index (χ4n) is 1.49. The highest BCUT2D eigenvalue weighted by Gasteiger charge is 2.10. The maximum absolute atomic E-state index is 13.0. The molecular weight excluding hydrogens is 209 g/mol. The van der Waals surface area contributed by atoms with E-state index in [2.05, 4.69) is 5.32 Å². The topological polar surface area (TPSA) is 41.5 Å². The van der Waals surface area contributed by atoms with Crippen molar-refractivity contribution in [2.45, 2.75) is 13.0 Å². The minimum atomic E-state index is -0.687. The summed E-state index contributed by atoms with van der Waals surface area (Å²) in [4.78, 5) is 0. The van der Waals surface area contributed by atoms with E-state index in [0.717, 1.165) is 5.56 Å². The average Bonchev–Trinajstić information content (AvgIpc) is 2.27. The van der Waals surface area contributed by atoms with Crippen LogP contribution in [-0.4, -0.2) is 31.9 Å². The second kappa shape index (κ2) is 6.58. The SMILES string of the molecule is COCCNCC(O)c1cc(F)ccc1C. The smallest absolute Gasteiger partial charge is 0.123 e. The molecule has 1 aromatic rings. The van der Waals surface area contributed by atoms with Crippen molar-refractivity contribution in [3.63, 3.8) is 0 Å². The second-order valence-corrected chi connectivity index (χ2v) is 3.71. The summed E-state index contributed by atoms with van der Waals surface area (Å²) in [5.41, 5.74) is 1.52. The van der Waals surface area contributed by atoms with Gasteiger partial charge < -0.3 is 15.2 Å². The zero-order valence-electron chi connectivity index (χ0n) is 9.66. The molecule has 0 bridgehead atoms. The van der Waals surface area contributed by atoms with Crippen molar-refractivity contribution < 1.29 is 14.2 Å². The van der Waals surface area contributed by atoms with E-state index in [-0.39, 0.29) is 5.82 Å². The molecule has 1 atom stereocenters. The lowest BCUT2D eigenvalue weighted by atomic mass is 10.0. The molecule has 16 heavy (non-hydrogen) atoms. The number of methoxy groups -OCH3 is 1. The minimum absolute atomic E-state index is 0.323. The Morgan fingerprint density at radius 3 is 2.94 bits per heavy atom. The Hall–Kier alpha value is -0.970. The third-order valence-electron chi connectivity index (χ3n) is 2.42. The number of aryl methyl sites for hydroxylation is 1. The zero-order chi connectivity index (χ0) is 12.0. The van der Waals surface area contributed by atoms with Gasteiger partial charge in [0.05, 0.1) is 12.7 Å². The van der Waals surface area contributed by atoms with Crippen LogP contribution in [0.15, 0.2) is 18.2 Å². The van der Waals surface area contributed by atoms with Gasteiger partial charge in [-0.1, -0.05) is 6.07 Å². The van der Waals surface area contributed by atoms with Gasteiger partial charge in [-0.3, -0.25) is 0 Å². The van der Waals surface area contributed by atoms with Gasteiger partial charge in [0, 0.05) is 20.2 Å². The van der Waals surface area contributed by atoms with E-state index in [1.54, 1.807) is 13.2 Å². The summed E-state index contributed by atoms with van der Waals surface area (Å²) < 4.78 is 17.9. The van der Waals surface area contributed by atoms with Crippen LogP contribution < -0.4 is 5.32 Å². The van der Waals surface area contributed by atoms with Gasteiger partial charge in [0.2, 0.25) is 0 Å². The van der Waals surface area contributed by atoms with Gasteiger partial charge >= 0.3 is 0 Å². The Morgan fingerprint density at radius 1 is 1.50 bits per heavy atom. The maximum atomic E-state index is 13.0. The first-order valence-electron chi connectivity index (χ1n) is 5.29. The number of nitrogens with one attached hydrogen (secondary N) is 1. The molecule has 0 aliphatic heterocycles. The van der Waals surface area contributed by atoms with E-state index >= 15 is 0 Å². The summed E-state index contributed by atoms with van der Waals surface area (Å²) in [6, 6.07) is 4.44. The second-order valence-electron chi connectivity index (χ2n) is 3.71. The van der Waals surface area contributed by atoms with Crippen LogP contribution >= 0.6 is 0 Å². The number of hydrogen-bond acceptors (Lipinski definition) is 3. The number of aliphatic hydroxyl groups excluding tert-OH is 1. The predicted octanol–water partition coefficient (Wildman–Crippen LogP) is 1.40. The van der Waals surface area contributed by atoms with Crippen LogP contribution in [0.3, 0.4) is 0 Å². The fourth-order valence-corrected chi connectivity index (χ4v) is 1.49. The van der Waals surface area contributed by atoms with Crippen molar-refractivity contribution in [2.75, 3.05) is 26.8 Å². The molecule has 0 saturated carbocycles. The van der Waals surface area contributed by atoms with Crippen molar-refractivity contribution in [2.24, 2.45) is 0 Å². The van der Waals surface area contributed by atoms with Gasteiger partial charge in [0.15, 0.2) is 0 Å². The van der Waals surface area contributed by atoms with Gasteiger partial charge in [0.25, 0.3) is 0 Å². The first-order valence-corrected chi connectivity index (χ1v) is 5.29. The molecule has 1 unspecified atom stereocenters. The number of hydrogen-bond donors (Lipinski definition) is 2. The highest BCUT2D eigenvalue weighted by atomic mass is 19.1. The summed E-state index contributed by atoms with van der Waals surface area (Å²) in [5.74, 6) is -0.323. The molecule has 2 N–H and O–H groups in total. The van der Waals surface area contributed by atoms with Gasteiger partial charge in [-0.15, -0.1) is 0 Å². The van der Waals surface area contributed by atoms with E-state index in [9.17, 15) is 9.50 Å². The molecule has 0 spiro atoms. The van der Waals surface area contributed by atoms with Crippen molar-refractivity contribution in [1.82, 2.24) is 5.32 Å². The summed E-state index contributed by atoms with van der Waals surface area (Å²) in [7, 11) is 1.62. The molecule has 0 heterocycles. The number of halogens is 1. The molecule has 0 fully saturated rings. The van der Waals surface area contributed by atoms with Gasteiger partial charge in [0.1, 0.15) is 5.82 Å². The molecule has 0 amide bonds. The highest BCUT2D eigenvalue weighted by molar-refractivity contribution is 5.28. The Bertz CT molecular complexity index is 331. The lowest BCUT2D eigenvalue weighted by Crippen LogP contribution is -2.25. The summed E-state index contributed by atoms with van der Waals surface area (Å²) in [6.45, 7) is 3.51. The fraction of sp³-hybridized carbons (Fsp3) is 0.500. The van der Waals surface area contributed by atoms with Crippen LogP contribution in [0, 0.1) is 12.7 Å². The van der Waals surface area contributed by atoms with Gasteiger partial charge in [-0.2, -0.15) is 0 Å². The maximum Gasteiger partial charge on any atom is 0.123 e. The molecule has 0 aliphatic rings. The monoisotopic (exact) mass is 227 g/mol. The third kappa shape index (κ3) is 3.89. The average molecular weight is 227 g/mol. The molecule has 90 valence electrons. The van der Waals surface area contributed by atoms with E-state index in [1.165, 1.54) is 12.1 Å². The zero-order valence-corrected chi connectivity index (χ0v) is 9.66. The largest absolute Gasteiger partial charge is 0.387 e.